The first-order valence-electron chi connectivity index (χ1n) is 4.26. The zero-order chi connectivity index (χ0) is 10.7. The maximum absolute atomic E-state index is 13.1. The van der Waals surface area contributed by atoms with Crippen molar-refractivity contribution in [1.29, 1.82) is 5.26 Å². The standard InChI is InChI=1S/C11H6FN3/c12-10-4-8(6-13)3-9(5-10)11-7-14-1-2-15-11/h1-5,7H. The zero-order valence-electron chi connectivity index (χ0n) is 7.68. The summed E-state index contributed by atoms with van der Waals surface area (Å²) in [5, 5.41) is 8.68. The Labute approximate surface area is 85.9 Å². The van der Waals surface area contributed by atoms with Gasteiger partial charge in [0.25, 0.3) is 0 Å². The molecule has 0 N–H and O–H groups in total. The van der Waals surface area contributed by atoms with E-state index < -0.39 is 5.82 Å². The molecule has 2 rings (SSSR count). The Kier molecular flexibility index (Phi) is 2.38. The van der Waals surface area contributed by atoms with Gasteiger partial charge in [-0.3, -0.25) is 9.97 Å². The highest BCUT2D eigenvalue weighted by molar-refractivity contribution is 5.60. The van der Waals surface area contributed by atoms with E-state index in [1.54, 1.807) is 6.07 Å². The molecule has 0 bridgehead atoms. The van der Waals surface area contributed by atoms with Gasteiger partial charge in [-0.1, -0.05) is 0 Å². The van der Waals surface area contributed by atoms with Gasteiger partial charge in [0.05, 0.1) is 23.5 Å². The van der Waals surface area contributed by atoms with Crippen molar-refractivity contribution in [2.45, 2.75) is 0 Å². The van der Waals surface area contributed by atoms with Gasteiger partial charge >= 0.3 is 0 Å². The number of nitriles is 1. The van der Waals surface area contributed by atoms with Crippen molar-refractivity contribution in [3.8, 4) is 17.3 Å². The molecule has 0 spiro atoms. The third-order valence-electron chi connectivity index (χ3n) is 1.89. The second-order valence-corrected chi connectivity index (χ2v) is 2.93. The lowest BCUT2D eigenvalue weighted by Crippen LogP contribution is -1.87. The molecule has 0 aliphatic heterocycles. The molecule has 0 aliphatic carbocycles. The highest BCUT2D eigenvalue weighted by Crippen LogP contribution is 2.18. The smallest absolute Gasteiger partial charge is 0.125 e. The summed E-state index contributed by atoms with van der Waals surface area (Å²) < 4.78 is 13.1. The van der Waals surface area contributed by atoms with Crippen LogP contribution in [-0.4, -0.2) is 9.97 Å². The molecule has 15 heavy (non-hydrogen) atoms. The lowest BCUT2D eigenvalue weighted by Gasteiger charge is -2.00. The molecule has 0 atom stereocenters. The van der Waals surface area contributed by atoms with Crippen LogP contribution in [0.4, 0.5) is 4.39 Å². The van der Waals surface area contributed by atoms with Gasteiger partial charge in [-0.05, 0) is 18.2 Å². The van der Waals surface area contributed by atoms with Crippen LogP contribution in [0.2, 0.25) is 0 Å². The number of halogens is 1. The second-order valence-electron chi connectivity index (χ2n) is 2.93. The summed E-state index contributed by atoms with van der Waals surface area (Å²) in [4.78, 5) is 7.91. The fraction of sp³-hybridized carbons (Fsp3) is 0. The molecule has 4 heteroatoms. The van der Waals surface area contributed by atoms with Crippen molar-refractivity contribution in [2.75, 3.05) is 0 Å². The van der Waals surface area contributed by atoms with Crippen LogP contribution in [0, 0.1) is 17.1 Å². The van der Waals surface area contributed by atoms with Gasteiger partial charge in [-0.15, -0.1) is 0 Å². The number of rotatable bonds is 1. The predicted molar refractivity (Wildman–Crippen MR) is 52.1 cm³/mol. The number of benzene rings is 1. The summed E-state index contributed by atoms with van der Waals surface area (Å²) in [5.41, 5.74) is 1.38. The monoisotopic (exact) mass is 199 g/mol. The molecule has 0 unspecified atom stereocenters. The first-order chi connectivity index (χ1) is 7.29. The Balaban J connectivity index is 2.55. The van der Waals surface area contributed by atoms with Gasteiger partial charge in [0.15, 0.2) is 0 Å². The van der Waals surface area contributed by atoms with Crippen molar-refractivity contribution in [3.63, 3.8) is 0 Å². The Hall–Kier alpha value is -2.28. The van der Waals surface area contributed by atoms with Gasteiger partial charge in [0, 0.05) is 18.0 Å². The second kappa shape index (κ2) is 3.84. The molecule has 0 radical (unpaired) electrons. The van der Waals surface area contributed by atoms with Crippen LogP contribution in [-0.2, 0) is 0 Å². The Morgan fingerprint density at radius 2 is 2.07 bits per heavy atom. The molecule has 0 saturated heterocycles. The zero-order valence-corrected chi connectivity index (χ0v) is 7.68. The quantitative estimate of drug-likeness (QED) is 0.707. The third kappa shape index (κ3) is 1.97. The van der Waals surface area contributed by atoms with E-state index >= 15 is 0 Å². The van der Waals surface area contributed by atoms with Crippen molar-refractivity contribution in [1.82, 2.24) is 9.97 Å². The number of hydrogen-bond acceptors (Lipinski definition) is 3. The minimum atomic E-state index is -0.449. The van der Waals surface area contributed by atoms with E-state index in [9.17, 15) is 4.39 Å². The Morgan fingerprint density at radius 1 is 1.20 bits per heavy atom. The van der Waals surface area contributed by atoms with Crippen LogP contribution in [0.25, 0.3) is 11.3 Å². The first-order valence-corrected chi connectivity index (χ1v) is 4.26. The Morgan fingerprint density at radius 3 is 2.73 bits per heavy atom. The summed E-state index contributed by atoms with van der Waals surface area (Å²) in [6, 6.07) is 5.97. The summed E-state index contributed by atoms with van der Waals surface area (Å²) in [6.07, 6.45) is 4.58. The van der Waals surface area contributed by atoms with Crippen LogP contribution in [0.3, 0.4) is 0 Å². The van der Waals surface area contributed by atoms with Gasteiger partial charge in [0.1, 0.15) is 5.82 Å². The van der Waals surface area contributed by atoms with Gasteiger partial charge in [0.2, 0.25) is 0 Å². The van der Waals surface area contributed by atoms with Crippen molar-refractivity contribution in [3.05, 3.63) is 48.2 Å². The topological polar surface area (TPSA) is 49.6 Å². The summed E-state index contributed by atoms with van der Waals surface area (Å²) in [5.74, 6) is -0.449. The molecule has 1 heterocycles. The van der Waals surface area contributed by atoms with E-state index in [0.717, 1.165) is 0 Å². The Bertz CT molecular complexity index is 517. The summed E-state index contributed by atoms with van der Waals surface area (Å²) >= 11 is 0. The van der Waals surface area contributed by atoms with Crippen molar-refractivity contribution < 1.29 is 4.39 Å². The van der Waals surface area contributed by atoms with E-state index in [0.29, 0.717) is 11.3 Å². The molecular formula is C11H6FN3. The van der Waals surface area contributed by atoms with Crippen molar-refractivity contribution in [2.24, 2.45) is 0 Å². The van der Waals surface area contributed by atoms with Gasteiger partial charge in [-0.2, -0.15) is 5.26 Å². The maximum atomic E-state index is 13.1. The van der Waals surface area contributed by atoms with E-state index in [1.165, 1.54) is 30.7 Å². The first kappa shape index (κ1) is 9.28. The minimum Gasteiger partial charge on any atom is -0.261 e. The van der Waals surface area contributed by atoms with Crippen LogP contribution in [0.5, 0.6) is 0 Å². The number of hydrogen-bond donors (Lipinski definition) is 0. The van der Waals surface area contributed by atoms with Crippen LogP contribution in [0.15, 0.2) is 36.8 Å². The largest absolute Gasteiger partial charge is 0.261 e. The average molecular weight is 199 g/mol. The third-order valence-corrected chi connectivity index (χ3v) is 1.89. The highest BCUT2D eigenvalue weighted by atomic mass is 19.1. The lowest BCUT2D eigenvalue weighted by molar-refractivity contribution is 0.628. The molecular weight excluding hydrogens is 193 g/mol. The molecule has 0 fully saturated rings. The van der Waals surface area contributed by atoms with E-state index in [4.69, 9.17) is 5.26 Å². The van der Waals surface area contributed by atoms with E-state index in [-0.39, 0.29) is 5.56 Å². The summed E-state index contributed by atoms with van der Waals surface area (Å²) in [6.45, 7) is 0. The van der Waals surface area contributed by atoms with Crippen LogP contribution in [0.1, 0.15) is 5.56 Å². The molecule has 1 aromatic heterocycles. The van der Waals surface area contributed by atoms with Gasteiger partial charge < -0.3 is 0 Å². The van der Waals surface area contributed by atoms with Crippen molar-refractivity contribution >= 4 is 0 Å². The molecule has 1 aromatic carbocycles. The fourth-order valence-electron chi connectivity index (χ4n) is 1.25. The van der Waals surface area contributed by atoms with Crippen LogP contribution < -0.4 is 0 Å². The van der Waals surface area contributed by atoms with Crippen LogP contribution >= 0.6 is 0 Å². The van der Waals surface area contributed by atoms with E-state index in [2.05, 4.69) is 9.97 Å². The highest BCUT2D eigenvalue weighted by Gasteiger charge is 2.03. The molecule has 0 amide bonds. The average Bonchev–Trinajstić information content (AvgIpc) is 2.29. The molecule has 3 nitrogen and oxygen atoms in total. The summed E-state index contributed by atoms with van der Waals surface area (Å²) in [7, 11) is 0. The molecule has 0 aliphatic rings. The SMILES string of the molecule is N#Cc1cc(F)cc(-c2cnccn2)c1. The molecule has 72 valence electrons. The van der Waals surface area contributed by atoms with E-state index in [1.807, 2.05) is 6.07 Å². The molecule has 0 saturated carbocycles. The fourth-order valence-corrected chi connectivity index (χ4v) is 1.25. The number of aromatic nitrogens is 2. The molecule has 2 aromatic rings. The normalized spacial score (nSPS) is 9.60. The lowest BCUT2D eigenvalue weighted by atomic mass is 10.1. The van der Waals surface area contributed by atoms with Gasteiger partial charge in [-0.25, -0.2) is 4.39 Å². The minimum absolute atomic E-state index is 0.274. The predicted octanol–water partition coefficient (Wildman–Crippen LogP) is 2.15. The number of nitrogens with zero attached hydrogens (tertiary/aromatic N) is 3. The maximum Gasteiger partial charge on any atom is 0.125 e.